The first-order valence-corrected chi connectivity index (χ1v) is 9.93. The molecule has 122 valence electrons. The summed E-state index contributed by atoms with van der Waals surface area (Å²) in [6, 6.07) is 0. The van der Waals surface area contributed by atoms with Gasteiger partial charge in [0, 0.05) is 0 Å². The smallest absolute Gasteiger partial charge is 0.328 e. The Morgan fingerprint density at radius 2 is 1.20 bits per heavy atom. The van der Waals surface area contributed by atoms with E-state index in [1.165, 1.54) is 57.8 Å². The molecular formula is C15H33O3PS. The van der Waals surface area contributed by atoms with E-state index >= 15 is 0 Å². The van der Waals surface area contributed by atoms with Crippen molar-refractivity contribution in [3.63, 3.8) is 0 Å². The maximum atomic E-state index is 9.41. The predicted octanol–water partition coefficient (Wildman–Crippen LogP) is 5.48. The van der Waals surface area contributed by atoms with Gasteiger partial charge in [-0.05, 0) is 18.6 Å². The first-order chi connectivity index (χ1) is 9.81. The van der Waals surface area contributed by atoms with Gasteiger partial charge in [-0.25, -0.2) is 0 Å². The van der Waals surface area contributed by atoms with Crippen LogP contribution in [0.3, 0.4) is 0 Å². The van der Waals surface area contributed by atoms with Gasteiger partial charge in [-0.3, -0.25) is 0 Å². The van der Waals surface area contributed by atoms with Gasteiger partial charge in [0.25, 0.3) is 0 Å². The van der Waals surface area contributed by atoms with Gasteiger partial charge in [-0.1, -0.05) is 64.7 Å². The zero-order valence-corrected chi connectivity index (χ0v) is 14.8. The minimum Gasteiger partial charge on any atom is -0.328 e. The summed E-state index contributed by atoms with van der Waals surface area (Å²) in [6.07, 6.45) is 13.9. The fourth-order valence-electron chi connectivity index (χ4n) is 1.98. The van der Waals surface area contributed by atoms with Gasteiger partial charge in [-0.2, -0.15) is 12.6 Å². The summed E-state index contributed by atoms with van der Waals surface area (Å²) in [5.41, 5.74) is 0. The van der Waals surface area contributed by atoms with E-state index in [9.17, 15) is 4.89 Å². The Bertz CT molecular complexity index is 185. The van der Waals surface area contributed by atoms with Gasteiger partial charge in [0.15, 0.2) is 0 Å². The fourth-order valence-corrected chi connectivity index (χ4v) is 2.75. The Morgan fingerprint density at radius 1 is 0.750 bits per heavy atom. The average Bonchev–Trinajstić information content (AvgIpc) is 2.45. The van der Waals surface area contributed by atoms with Crippen LogP contribution in [0, 0.1) is 0 Å². The molecule has 3 nitrogen and oxygen atoms in total. The molecule has 0 aliphatic rings. The first kappa shape index (κ1) is 20.7. The van der Waals surface area contributed by atoms with Crippen LogP contribution < -0.4 is 0 Å². The topological polar surface area (TPSA) is 38.7 Å². The zero-order chi connectivity index (χ0) is 14.9. The summed E-state index contributed by atoms with van der Waals surface area (Å²) in [4.78, 5) is 9.41. The second kappa shape index (κ2) is 17.7. The maximum Gasteiger partial charge on any atom is 0.329 e. The van der Waals surface area contributed by atoms with E-state index in [1.54, 1.807) is 0 Å². The number of hydrogen-bond donors (Lipinski definition) is 2. The highest BCUT2D eigenvalue weighted by molar-refractivity contribution is 7.80. The van der Waals surface area contributed by atoms with Crippen LogP contribution >= 0.6 is 21.2 Å². The highest BCUT2D eigenvalue weighted by Crippen LogP contribution is 2.32. The van der Waals surface area contributed by atoms with Crippen molar-refractivity contribution in [3.8, 4) is 0 Å². The molecule has 0 heterocycles. The summed E-state index contributed by atoms with van der Waals surface area (Å²) in [6.45, 7) is 3.40. The van der Waals surface area contributed by atoms with Crippen LogP contribution in [0.15, 0.2) is 0 Å². The van der Waals surface area contributed by atoms with E-state index in [2.05, 4.69) is 19.6 Å². The summed E-state index contributed by atoms with van der Waals surface area (Å²) >= 11 is 4.08. The highest BCUT2D eigenvalue weighted by atomic mass is 32.1. The molecular weight excluding hydrogens is 291 g/mol. The molecule has 5 heteroatoms. The fraction of sp³-hybridized carbons (Fsp3) is 1.00. The van der Waals surface area contributed by atoms with Crippen molar-refractivity contribution < 1.29 is 13.9 Å². The average molecular weight is 324 g/mol. The molecule has 0 aromatic carbocycles. The van der Waals surface area contributed by atoms with E-state index in [1.807, 2.05) is 0 Å². The van der Waals surface area contributed by atoms with Crippen molar-refractivity contribution in [2.24, 2.45) is 0 Å². The summed E-state index contributed by atoms with van der Waals surface area (Å²) in [5.74, 6) is 0.779. The Morgan fingerprint density at radius 3 is 1.70 bits per heavy atom. The molecule has 0 radical (unpaired) electrons. The van der Waals surface area contributed by atoms with Crippen LogP contribution in [0.5, 0.6) is 0 Å². The van der Waals surface area contributed by atoms with E-state index in [4.69, 9.17) is 9.05 Å². The molecule has 20 heavy (non-hydrogen) atoms. The van der Waals surface area contributed by atoms with Crippen molar-refractivity contribution in [2.45, 2.75) is 77.6 Å². The molecule has 0 spiro atoms. The van der Waals surface area contributed by atoms with Crippen LogP contribution in [-0.2, 0) is 9.05 Å². The second-order valence-corrected chi connectivity index (χ2v) is 6.60. The molecule has 0 fully saturated rings. The molecule has 0 saturated heterocycles. The van der Waals surface area contributed by atoms with Gasteiger partial charge in [0.2, 0.25) is 0 Å². The van der Waals surface area contributed by atoms with Crippen molar-refractivity contribution in [3.05, 3.63) is 0 Å². The molecule has 1 unspecified atom stereocenters. The van der Waals surface area contributed by atoms with Crippen LogP contribution in [0.1, 0.15) is 77.6 Å². The Kier molecular flexibility index (Phi) is 18.3. The number of rotatable bonds is 16. The van der Waals surface area contributed by atoms with Crippen LogP contribution in [0.2, 0.25) is 0 Å². The third kappa shape index (κ3) is 16.7. The lowest BCUT2D eigenvalue weighted by Crippen LogP contribution is -1.95. The van der Waals surface area contributed by atoms with Crippen LogP contribution in [0.4, 0.5) is 0 Å². The minimum absolute atomic E-state index is 0.531. The van der Waals surface area contributed by atoms with E-state index in [-0.39, 0.29) is 0 Å². The first-order valence-electron chi connectivity index (χ1n) is 8.17. The molecule has 0 aliphatic heterocycles. The van der Waals surface area contributed by atoms with E-state index < -0.39 is 8.60 Å². The molecule has 0 bridgehead atoms. The molecule has 0 aromatic rings. The van der Waals surface area contributed by atoms with Crippen molar-refractivity contribution >= 4 is 21.2 Å². The van der Waals surface area contributed by atoms with E-state index in [0.717, 1.165) is 18.6 Å². The van der Waals surface area contributed by atoms with Gasteiger partial charge in [0.1, 0.15) is 0 Å². The lowest BCUT2D eigenvalue weighted by Gasteiger charge is -2.10. The monoisotopic (exact) mass is 324 g/mol. The Hall–Kier alpha value is 0.660. The Balaban J connectivity index is 3.05. The Labute approximate surface area is 132 Å². The third-order valence-corrected chi connectivity index (χ3v) is 4.33. The molecule has 0 aliphatic carbocycles. The van der Waals surface area contributed by atoms with Crippen LogP contribution in [0.25, 0.3) is 0 Å². The standard InChI is InChI=1S/C15H33O3PS/c1-2-3-4-5-6-7-8-9-10-11-13-17-19(16)18-14-12-15-20/h16,20H,2-15H2,1H3. The van der Waals surface area contributed by atoms with Crippen molar-refractivity contribution in [1.29, 1.82) is 0 Å². The predicted molar refractivity (Wildman–Crippen MR) is 91.4 cm³/mol. The number of thiol groups is 1. The molecule has 0 aromatic heterocycles. The minimum atomic E-state index is -1.66. The molecule has 0 amide bonds. The van der Waals surface area contributed by atoms with Crippen molar-refractivity contribution in [1.82, 2.24) is 0 Å². The largest absolute Gasteiger partial charge is 0.329 e. The zero-order valence-electron chi connectivity index (χ0n) is 13.1. The maximum absolute atomic E-state index is 9.41. The number of hydrogen-bond acceptors (Lipinski definition) is 4. The van der Waals surface area contributed by atoms with Gasteiger partial charge in [-0.15, -0.1) is 0 Å². The van der Waals surface area contributed by atoms with E-state index in [0.29, 0.717) is 13.2 Å². The quantitative estimate of drug-likeness (QED) is 0.224. The molecule has 0 saturated carbocycles. The van der Waals surface area contributed by atoms with Crippen LogP contribution in [-0.4, -0.2) is 23.9 Å². The lowest BCUT2D eigenvalue weighted by molar-refractivity contribution is 0.197. The lowest BCUT2D eigenvalue weighted by atomic mass is 10.1. The van der Waals surface area contributed by atoms with Gasteiger partial charge < -0.3 is 13.9 Å². The summed E-state index contributed by atoms with van der Waals surface area (Å²) in [5, 5.41) is 0. The SMILES string of the molecule is CCCCCCCCCCCCOP(O)OCCCS. The normalized spacial score (nSPS) is 12.8. The van der Waals surface area contributed by atoms with Gasteiger partial charge >= 0.3 is 8.60 Å². The third-order valence-electron chi connectivity index (χ3n) is 3.20. The second-order valence-electron chi connectivity index (χ2n) is 5.16. The molecule has 1 N–H and O–H groups in total. The molecule has 1 atom stereocenters. The number of unbranched alkanes of at least 4 members (excludes halogenated alkanes) is 9. The van der Waals surface area contributed by atoms with Gasteiger partial charge in [0.05, 0.1) is 13.2 Å². The van der Waals surface area contributed by atoms with Crippen molar-refractivity contribution in [2.75, 3.05) is 19.0 Å². The summed E-state index contributed by atoms with van der Waals surface area (Å²) in [7, 11) is -1.66. The molecule has 0 rings (SSSR count). The highest BCUT2D eigenvalue weighted by Gasteiger charge is 2.05. The summed E-state index contributed by atoms with van der Waals surface area (Å²) < 4.78 is 10.4.